The van der Waals surface area contributed by atoms with Gasteiger partial charge in [0.1, 0.15) is 11.6 Å². The summed E-state index contributed by atoms with van der Waals surface area (Å²) in [5.74, 6) is -2.41. The predicted octanol–water partition coefficient (Wildman–Crippen LogP) is 3.92. The highest BCUT2D eigenvalue weighted by Crippen LogP contribution is 2.19. The van der Waals surface area contributed by atoms with Crippen LogP contribution in [0.1, 0.15) is 5.56 Å². The fourth-order valence-electron chi connectivity index (χ4n) is 1.70. The molecule has 0 aliphatic rings. The van der Waals surface area contributed by atoms with E-state index in [1.807, 2.05) is 0 Å². The smallest absolute Gasteiger partial charge is 0.331 e. The van der Waals surface area contributed by atoms with Crippen LogP contribution in [0.25, 0.3) is 6.08 Å². The van der Waals surface area contributed by atoms with Gasteiger partial charge in [-0.15, -0.1) is 0 Å². The first-order valence-electron chi connectivity index (χ1n) is 6.79. The molecule has 0 atom stereocenters. The summed E-state index contributed by atoms with van der Waals surface area (Å²) in [6.07, 6.45) is 2.54. The van der Waals surface area contributed by atoms with Crippen molar-refractivity contribution in [3.8, 4) is 0 Å². The number of ether oxygens (including phenoxy) is 1. The van der Waals surface area contributed by atoms with E-state index in [0.29, 0.717) is 10.0 Å². The first-order valence-corrected chi connectivity index (χ1v) is 7.58. The van der Waals surface area contributed by atoms with Crippen molar-refractivity contribution in [1.29, 1.82) is 0 Å². The van der Waals surface area contributed by atoms with Gasteiger partial charge < -0.3 is 10.1 Å². The van der Waals surface area contributed by atoms with E-state index in [0.717, 1.165) is 6.08 Å². The molecule has 0 aliphatic carbocycles. The molecule has 0 unspecified atom stereocenters. The molecule has 0 aliphatic heterocycles. The van der Waals surface area contributed by atoms with Crippen LogP contribution in [-0.4, -0.2) is 18.5 Å². The molecule has 0 heterocycles. The zero-order valence-corrected chi connectivity index (χ0v) is 13.8. The van der Waals surface area contributed by atoms with Gasteiger partial charge in [0.2, 0.25) is 0 Å². The normalized spacial score (nSPS) is 10.6. The van der Waals surface area contributed by atoms with Gasteiger partial charge in [-0.1, -0.05) is 28.1 Å². The van der Waals surface area contributed by atoms with Crippen molar-refractivity contribution in [3.63, 3.8) is 0 Å². The van der Waals surface area contributed by atoms with E-state index in [2.05, 4.69) is 21.2 Å². The van der Waals surface area contributed by atoms with E-state index >= 15 is 0 Å². The molecule has 124 valence electrons. The first-order chi connectivity index (χ1) is 11.4. The molecule has 7 heteroatoms. The molecule has 0 fully saturated rings. The van der Waals surface area contributed by atoms with Crippen LogP contribution in [0, 0.1) is 11.6 Å². The Bertz CT molecular complexity index is 776. The van der Waals surface area contributed by atoms with E-state index in [-0.39, 0.29) is 11.5 Å². The summed E-state index contributed by atoms with van der Waals surface area (Å²) < 4.78 is 31.6. The molecular weight excluding hydrogens is 384 g/mol. The van der Waals surface area contributed by atoms with E-state index < -0.39 is 24.3 Å². The zero-order chi connectivity index (χ0) is 17.5. The third-order valence-electron chi connectivity index (χ3n) is 2.83. The highest BCUT2D eigenvalue weighted by Gasteiger charge is 2.09. The summed E-state index contributed by atoms with van der Waals surface area (Å²) in [6.45, 7) is -0.553. The van der Waals surface area contributed by atoms with Crippen molar-refractivity contribution >= 4 is 39.6 Å². The third kappa shape index (κ3) is 5.58. The minimum Gasteiger partial charge on any atom is -0.452 e. The molecule has 2 rings (SSSR count). The second-order valence-corrected chi connectivity index (χ2v) is 5.58. The second-order valence-electron chi connectivity index (χ2n) is 4.66. The Balaban J connectivity index is 1.82. The monoisotopic (exact) mass is 395 g/mol. The zero-order valence-electron chi connectivity index (χ0n) is 12.3. The molecule has 1 N–H and O–H groups in total. The molecule has 0 radical (unpaired) electrons. The summed E-state index contributed by atoms with van der Waals surface area (Å²) in [6, 6.07) is 9.64. The molecule has 0 saturated carbocycles. The maximum atomic E-state index is 13.6. The highest BCUT2D eigenvalue weighted by molar-refractivity contribution is 9.10. The molecular formula is C17H12BrF2NO3. The van der Waals surface area contributed by atoms with Crippen LogP contribution in [-0.2, 0) is 14.3 Å². The highest BCUT2D eigenvalue weighted by atomic mass is 79.9. The van der Waals surface area contributed by atoms with Gasteiger partial charge in [0.15, 0.2) is 6.61 Å². The van der Waals surface area contributed by atoms with Gasteiger partial charge in [0, 0.05) is 10.5 Å². The Labute approximate surface area is 145 Å². The second kappa shape index (κ2) is 8.35. The van der Waals surface area contributed by atoms with E-state index in [9.17, 15) is 18.4 Å². The fourth-order valence-corrected chi connectivity index (χ4v) is 2.03. The summed E-state index contributed by atoms with van der Waals surface area (Å²) in [4.78, 5) is 23.1. The van der Waals surface area contributed by atoms with Gasteiger partial charge in [-0.3, -0.25) is 4.79 Å². The predicted molar refractivity (Wildman–Crippen MR) is 89.1 cm³/mol. The number of carbonyl (C=O) groups excluding carboxylic acids is 2. The molecule has 4 nitrogen and oxygen atoms in total. The number of anilines is 1. The van der Waals surface area contributed by atoms with Crippen LogP contribution in [0.15, 0.2) is 53.0 Å². The number of hydrogen-bond acceptors (Lipinski definition) is 3. The topological polar surface area (TPSA) is 55.4 Å². The molecule has 0 saturated heterocycles. The van der Waals surface area contributed by atoms with Gasteiger partial charge in [-0.05, 0) is 42.0 Å². The Kier molecular flexibility index (Phi) is 6.20. The molecule has 2 aromatic carbocycles. The Morgan fingerprint density at radius 1 is 1.12 bits per heavy atom. The van der Waals surface area contributed by atoms with Crippen molar-refractivity contribution in [1.82, 2.24) is 0 Å². The Morgan fingerprint density at radius 2 is 1.83 bits per heavy atom. The van der Waals surface area contributed by atoms with Crippen LogP contribution >= 0.6 is 15.9 Å². The molecule has 2 aromatic rings. The molecule has 24 heavy (non-hydrogen) atoms. The van der Waals surface area contributed by atoms with E-state index in [1.165, 1.54) is 42.5 Å². The first kappa shape index (κ1) is 17.8. The SMILES string of the molecule is O=C(COC(=O)/C=C/c1ccc(F)cc1)Nc1ccc(Br)cc1F. The van der Waals surface area contributed by atoms with Gasteiger partial charge in [0.25, 0.3) is 5.91 Å². The molecule has 0 spiro atoms. The van der Waals surface area contributed by atoms with Gasteiger partial charge in [0.05, 0.1) is 5.69 Å². The van der Waals surface area contributed by atoms with Crippen molar-refractivity contribution < 1.29 is 23.1 Å². The quantitative estimate of drug-likeness (QED) is 0.616. The van der Waals surface area contributed by atoms with Gasteiger partial charge in [-0.25, -0.2) is 13.6 Å². The number of amides is 1. The van der Waals surface area contributed by atoms with E-state index in [4.69, 9.17) is 4.74 Å². The standard InChI is InChI=1S/C17H12BrF2NO3/c18-12-4-7-15(14(20)9-12)21-16(22)10-24-17(23)8-3-11-1-5-13(19)6-2-11/h1-9H,10H2,(H,21,22)/b8-3+. The lowest BCUT2D eigenvalue weighted by Gasteiger charge is -2.06. The lowest BCUT2D eigenvalue weighted by atomic mass is 10.2. The van der Waals surface area contributed by atoms with Crippen molar-refractivity contribution in [2.24, 2.45) is 0 Å². The number of carbonyl (C=O) groups is 2. The summed E-state index contributed by atoms with van der Waals surface area (Å²) in [5, 5.41) is 2.30. The number of benzene rings is 2. The van der Waals surface area contributed by atoms with Crippen molar-refractivity contribution in [3.05, 3.63) is 70.2 Å². The number of rotatable bonds is 5. The minimum absolute atomic E-state index is 0.0129. The van der Waals surface area contributed by atoms with Crippen LogP contribution in [0.4, 0.5) is 14.5 Å². The third-order valence-corrected chi connectivity index (χ3v) is 3.33. The lowest BCUT2D eigenvalue weighted by Crippen LogP contribution is -2.20. The lowest BCUT2D eigenvalue weighted by molar-refractivity contribution is -0.142. The minimum atomic E-state index is -0.745. The van der Waals surface area contributed by atoms with Crippen LogP contribution < -0.4 is 5.32 Å². The average Bonchev–Trinajstić information content (AvgIpc) is 2.55. The van der Waals surface area contributed by atoms with Gasteiger partial charge >= 0.3 is 5.97 Å². The summed E-state index contributed by atoms with van der Waals surface area (Å²) >= 11 is 3.10. The average molecular weight is 396 g/mol. The van der Waals surface area contributed by atoms with E-state index in [1.54, 1.807) is 6.07 Å². The number of nitrogens with one attached hydrogen (secondary N) is 1. The number of esters is 1. The van der Waals surface area contributed by atoms with Crippen LogP contribution in [0.2, 0.25) is 0 Å². The largest absolute Gasteiger partial charge is 0.452 e. The fraction of sp³-hybridized carbons (Fsp3) is 0.0588. The summed E-state index contributed by atoms with van der Waals surface area (Å²) in [7, 11) is 0. The molecule has 1 amide bonds. The molecule has 0 bridgehead atoms. The van der Waals surface area contributed by atoms with Gasteiger partial charge in [-0.2, -0.15) is 0 Å². The van der Waals surface area contributed by atoms with Crippen LogP contribution in [0.5, 0.6) is 0 Å². The maximum absolute atomic E-state index is 13.6. The van der Waals surface area contributed by atoms with Crippen LogP contribution in [0.3, 0.4) is 0 Å². The Hall–Kier alpha value is -2.54. The van der Waals surface area contributed by atoms with Crippen molar-refractivity contribution in [2.45, 2.75) is 0 Å². The number of hydrogen-bond donors (Lipinski definition) is 1. The summed E-state index contributed by atoms with van der Waals surface area (Å²) in [5.41, 5.74) is 0.593. The Morgan fingerprint density at radius 3 is 2.50 bits per heavy atom. The number of halogens is 3. The molecule has 0 aromatic heterocycles. The maximum Gasteiger partial charge on any atom is 0.331 e. The van der Waals surface area contributed by atoms with Crippen molar-refractivity contribution in [2.75, 3.05) is 11.9 Å².